The average molecular weight is 481 g/mol. The van der Waals surface area contributed by atoms with Crippen molar-refractivity contribution in [3.8, 4) is 11.1 Å². The van der Waals surface area contributed by atoms with Crippen molar-refractivity contribution in [1.29, 1.82) is 0 Å². The van der Waals surface area contributed by atoms with Crippen LogP contribution in [0.4, 0.5) is 4.79 Å². The predicted molar refractivity (Wildman–Crippen MR) is 130 cm³/mol. The third kappa shape index (κ3) is 5.32. The van der Waals surface area contributed by atoms with Gasteiger partial charge in [0, 0.05) is 19.1 Å². The first-order valence-electron chi connectivity index (χ1n) is 12.1. The van der Waals surface area contributed by atoms with Crippen LogP contribution in [-0.2, 0) is 19.1 Å². The molecule has 2 amide bonds. The number of nitrogens with one attached hydrogen (secondary N) is 1. The van der Waals surface area contributed by atoms with Gasteiger partial charge in [-0.2, -0.15) is 0 Å². The summed E-state index contributed by atoms with van der Waals surface area (Å²) in [5.74, 6) is -1.67. The number of rotatable bonds is 9. The molecule has 2 aliphatic carbocycles. The van der Waals surface area contributed by atoms with Gasteiger partial charge in [-0.15, -0.1) is 0 Å². The molecule has 2 atom stereocenters. The maximum atomic E-state index is 13.4. The quantitative estimate of drug-likeness (QED) is 0.566. The van der Waals surface area contributed by atoms with Crippen molar-refractivity contribution in [2.45, 2.75) is 56.7 Å². The number of benzene rings is 2. The number of alkyl carbamates (subject to hydrolysis) is 1. The molecule has 0 aromatic heterocycles. The van der Waals surface area contributed by atoms with Gasteiger partial charge in [0.05, 0.1) is 6.10 Å². The van der Waals surface area contributed by atoms with E-state index in [1.165, 1.54) is 12.0 Å². The third-order valence-electron chi connectivity index (χ3n) is 7.08. The van der Waals surface area contributed by atoms with Gasteiger partial charge in [-0.1, -0.05) is 61.4 Å². The molecule has 2 aromatic rings. The van der Waals surface area contributed by atoms with E-state index in [4.69, 9.17) is 9.47 Å². The van der Waals surface area contributed by atoms with E-state index in [9.17, 15) is 19.5 Å². The highest BCUT2D eigenvalue weighted by Gasteiger charge is 2.37. The molecule has 0 saturated heterocycles. The lowest BCUT2D eigenvalue weighted by Gasteiger charge is -2.33. The van der Waals surface area contributed by atoms with Gasteiger partial charge in [0.15, 0.2) is 0 Å². The molecule has 8 nitrogen and oxygen atoms in total. The van der Waals surface area contributed by atoms with E-state index in [2.05, 4.69) is 17.4 Å². The minimum atomic E-state index is -1.09. The van der Waals surface area contributed by atoms with Crippen LogP contribution in [0.5, 0.6) is 0 Å². The molecule has 2 N–H and O–H groups in total. The number of carbonyl (C=O) groups excluding carboxylic acids is 2. The van der Waals surface area contributed by atoms with Crippen molar-refractivity contribution < 1.29 is 29.0 Å². The summed E-state index contributed by atoms with van der Waals surface area (Å²) in [4.78, 5) is 39.1. The summed E-state index contributed by atoms with van der Waals surface area (Å²) < 4.78 is 11.0. The van der Waals surface area contributed by atoms with Gasteiger partial charge in [-0.3, -0.25) is 9.59 Å². The Hall–Kier alpha value is -3.39. The first-order chi connectivity index (χ1) is 16.9. The third-order valence-corrected chi connectivity index (χ3v) is 7.08. The van der Waals surface area contributed by atoms with Gasteiger partial charge < -0.3 is 24.8 Å². The van der Waals surface area contributed by atoms with Crippen LogP contribution in [0.3, 0.4) is 0 Å². The van der Waals surface area contributed by atoms with Crippen LogP contribution >= 0.6 is 0 Å². The van der Waals surface area contributed by atoms with Crippen LogP contribution in [0.15, 0.2) is 48.5 Å². The fraction of sp³-hybridized carbons (Fsp3) is 0.444. The summed E-state index contributed by atoms with van der Waals surface area (Å²) in [7, 11) is 1.45. The van der Waals surface area contributed by atoms with Crippen LogP contribution in [0.1, 0.15) is 49.7 Å². The molecule has 0 heterocycles. The number of hydrogen-bond acceptors (Lipinski definition) is 5. The van der Waals surface area contributed by atoms with Gasteiger partial charge in [0.1, 0.15) is 19.2 Å². The van der Waals surface area contributed by atoms with Gasteiger partial charge >= 0.3 is 12.1 Å². The van der Waals surface area contributed by atoms with Crippen molar-refractivity contribution in [2.24, 2.45) is 0 Å². The zero-order valence-corrected chi connectivity index (χ0v) is 20.1. The first kappa shape index (κ1) is 24.7. The monoisotopic (exact) mass is 480 g/mol. The number of carbonyl (C=O) groups is 3. The first-order valence-corrected chi connectivity index (χ1v) is 12.1. The number of amides is 2. The molecule has 0 unspecified atom stereocenters. The molecule has 35 heavy (non-hydrogen) atoms. The summed E-state index contributed by atoms with van der Waals surface area (Å²) in [6, 6.07) is 14.9. The Bertz CT molecular complexity index is 1040. The molecule has 1 saturated carbocycles. The number of methoxy groups -OCH3 is 1. The van der Waals surface area contributed by atoms with Crippen LogP contribution < -0.4 is 5.32 Å². The lowest BCUT2D eigenvalue weighted by Crippen LogP contribution is -2.57. The summed E-state index contributed by atoms with van der Waals surface area (Å²) >= 11 is 0. The molecule has 2 aromatic carbocycles. The molecule has 0 aliphatic heterocycles. The predicted octanol–water partition coefficient (Wildman–Crippen LogP) is 3.78. The van der Waals surface area contributed by atoms with Gasteiger partial charge in [0.25, 0.3) is 0 Å². The lowest BCUT2D eigenvalue weighted by atomic mass is 9.98. The van der Waals surface area contributed by atoms with E-state index in [0.717, 1.165) is 47.9 Å². The number of fused-ring (bicyclic) bond motifs is 3. The second kappa shape index (κ2) is 10.9. The molecular weight excluding hydrogens is 448 g/mol. The molecule has 0 spiro atoms. The second-order valence-corrected chi connectivity index (χ2v) is 9.19. The Balaban J connectivity index is 1.46. The van der Waals surface area contributed by atoms with E-state index in [1.807, 2.05) is 36.4 Å². The van der Waals surface area contributed by atoms with Crippen molar-refractivity contribution in [1.82, 2.24) is 10.2 Å². The molecule has 2 aliphatic rings. The van der Waals surface area contributed by atoms with Crippen molar-refractivity contribution >= 4 is 18.0 Å². The van der Waals surface area contributed by atoms with Gasteiger partial charge in [0.2, 0.25) is 5.91 Å². The largest absolute Gasteiger partial charge is 0.480 e. The summed E-state index contributed by atoms with van der Waals surface area (Å²) in [5.41, 5.74) is 4.43. The normalized spacial score (nSPS) is 16.7. The number of carboxylic acid groups (broad SMARTS) is 1. The molecule has 0 radical (unpaired) electrons. The van der Waals surface area contributed by atoms with Crippen molar-refractivity contribution in [3.63, 3.8) is 0 Å². The summed E-state index contributed by atoms with van der Waals surface area (Å²) in [6.07, 6.45) is 1.98. The number of hydrogen-bond donors (Lipinski definition) is 2. The van der Waals surface area contributed by atoms with Crippen LogP contribution in [0.25, 0.3) is 11.1 Å². The Morgan fingerprint density at radius 2 is 1.60 bits per heavy atom. The highest BCUT2D eigenvalue weighted by atomic mass is 16.5. The van der Waals surface area contributed by atoms with Crippen LogP contribution in [0, 0.1) is 0 Å². The molecule has 186 valence electrons. The maximum Gasteiger partial charge on any atom is 0.407 e. The highest BCUT2D eigenvalue weighted by Crippen LogP contribution is 2.44. The Labute approximate surface area is 205 Å². The highest BCUT2D eigenvalue weighted by molar-refractivity contribution is 5.89. The smallest absolute Gasteiger partial charge is 0.407 e. The Kier molecular flexibility index (Phi) is 7.70. The average Bonchev–Trinajstić information content (AvgIpc) is 3.50. The van der Waals surface area contributed by atoms with Gasteiger partial charge in [-0.05, 0) is 42.0 Å². The second-order valence-electron chi connectivity index (χ2n) is 9.19. The van der Waals surface area contributed by atoms with E-state index in [-0.39, 0.29) is 18.6 Å². The van der Waals surface area contributed by atoms with Crippen molar-refractivity contribution in [2.75, 3.05) is 20.3 Å². The minimum Gasteiger partial charge on any atom is -0.480 e. The fourth-order valence-corrected chi connectivity index (χ4v) is 5.21. The molecule has 4 rings (SSSR count). The fourth-order valence-electron chi connectivity index (χ4n) is 5.21. The summed E-state index contributed by atoms with van der Waals surface area (Å²) in [5, 5.41) is 12.0. The van der Waals surface area contributed by atoms with E-state index >= 15 is 0 Å². The summed E-state index contributed by atoms with van der Waals surface area (Å²) in [6.45, 7) is 1.37. The Morgan fingerprint density at radius 1 is 1.03 bits per heavy atom. The molecule has 8 heteroatoms. The zero-order chi connectivity index (χ0) is 24.9. The molecule has 1 fully saturated rings. The van der Waals surface area contributed by atoms with Crippen LogP contribution in [-0.4, -0.2) is 66.4 Å². The van der Waals surface area contributed by atoms with E-state index < -0.39 is 36.7 Å². The maximum absolute atomic E-state index is 13.4. The SMILES string of the molecule is CO[C@H](C)[C@H](NC(=O)OCC1c2ccccc2-c2ccccc21)C(=O)N(CC(=O)O)C1CCCC1. The van der Waals surface area contributed by atoms with E-state index in [0.29, 0.717) is 0 Å². The van der Waals surface area contributed by atoms with E-state index in [1.54, 1.807) is 6.92 Å². The number of carboxylic acids is 1. The van der Waals surface area contributed by atoms with Crippen molar-refractivity contribution in [3.05, 3.63) is 59.7 Å². The number of aliphatic carboxylic acids is 1. The number of nitrogens with zero attached hydrogens (tertiary/aromatic N) is 1. The number of ether oxygens (including phenoxy) is 2. The van der Waals surface area contributed by atoms with Gasteiger partial charge in [-0.25, -0.2) is 4.79 Å². The Morgan fingerprint density at radius 3 is 2.14 bits per heavy atom. The topological polar surface area (TPSA) is 105 Å². The standard InChI is InChI=1S/C27H32N2O6/c1-17(34-2)25(26(32)29(15-24(30)31)18-9-3-4-10-18)28-27(33)35-16-23-21-13-7-5-11-19(21)20-12-6-8-14-22(20)23/h5-8,11-14,17-18,23,25H,3-4,9-10,15-16H2,1-2H3,(H,28,33)(H,30,31)/t17-,25+/m1/s1. The zero-order valence-electron chi connectivity index (χ0n) is 20.1. The molecular formula is C27H32N2O6. The lowest BCUT2D eigenvalue weighted by molar-refractivity contribution is -0.148. The minimum absolute atomic E-state index is 0.107. The van der Waals surface area contributed by atoms with Crippen LogP contribution in [0.2, 0.25) is 0 Å². The molecule has 0 bridgehead atoms.